The molecule has 0 radical (unpaired) electrons. The van der Waals surface area contributed by atoms with E-state index in [0.717, 1.165) is 49.6 Å². The van der Waals surface area contributed by atoms with Crippen molar-refractivity contribution in [3.63, 3.8) is 0 Å². The predicted molar refractivity (Wildman–Crippen MR) is 129 cm³/mol. The molecule has 4 aliphatic heterocycles. The van der Waals surface area contributed by atoms with E-state index < -0.39 is 35.5 Å². The van der Waals surface area contributed by atoms with E-state index in [4.69, 9.17) is 0 Å². The van der Waals surface area contributed by atoms with Crippen molar-refractivity contribution in [2.45, 2.75) is 38.1 Å². The molecule has 11 heteroatoms. The highest BCUT2D eigenvalue weighted by atomic mass is 35.5. The second-order valence-electron chi connectivity index (χ2n) is 9.61. The number of piperazine rings is 1. The maximum absolute atomic E-state index is 15.0. The number of hydrogen-bond acceptors (Lipinski definition) is 7. The summed E-state index contributed by atoms with van der Waals surface area (Å²) in [6.45, 7) is 6.14. The lowest BCUT2D eigenvalue weighted by atomic mass is 9.94. The number of nitrogens with zero attached hydrogens (tertiary/aromatic N) is 3. The van der Waals surface area contributed by atoms with Crippen molar-refractivity contribution in [2.24, 2.45) is 5.92 Å². The van der Waals surface area contributed by atoms with E-state index in [1.54, 1.807) is 0 Å². The number of carbonyl (C=O) groups excluding carboxylic acids is 4. The maximum atomic E-state index is 15.0. The lowest BCUT2D eigenvalue weighted by Gasteiger charge is -2.37. The van der Waals surface area contributed by atoms with Crippen molar-refractivity contribution in [1.82, 2.24) is 20.4 Å². The first-order valence-electron chi connectivity index (χ1n) is 12.2. The molecule has 4 amide bonds. The standard InChI is InChI=1S/C24H30FN5O4.ClH/c25-18-13-16-17(24(34)30(23(16)33)19-1-2-21(31)27-22(19)32)14-20(18)29-11-9-28(10-12-29)8-5-15-3-6-26-7-4-15;/h13-15,19,26H,1-12H2,(H,27,31,32);1H. The molecular weight excluding hydrogens is 477 g/mol. The fraction of sp³-hybridized carbons (Fsp3) is 0.583. The predicted octanol–water partition coefficient (Wildman–Crippen LogP) is 1.16. The third-order valence-corrected chi connectivity index (χ3v) is 7.53. The van der Waals surface area contributed by atoms with Gasteiger partial charge in [-0.15, -0.1) is 12.4 Å². The number of piperidine rings is 2. The third kappa shape index (κ3) is 5.05. The molecule has 2 N–H and O–H groups in total. The summed E-state index contributed by atoms with van der Waals surface area (Å²) in [5, 5.41) is 5.56. The summed E-state index contributed by atoms with van der Waals surface area (Å²) in [6, 6.07) is 1.50. The summed E-state index contributed by atoms with van der Waals surface area (Å²) < 4.78 is 15.0. The normalized spacial score (nSPS) is 23.9. The van der Waals surface area contributed by atoms with E-state index in [1.807, 2.05) is 4.90 Å². The molecule has 3 fully saturated rings. The van der Waals surface area contributed by atoms with E-state index in [-0.39, 0.29) is 36.4 Å². The Morgan fingerprint density at radius 3 is 2.23 bits per heavy atom. The lowest BCUT2D eigenvalue weighted by Crippen LogP contribution is -2.54. The number of rotatable bonds is 5. The van der Waals surface area contributed by atoms with Gasteiger partial charge in [-0.25, -0.2) is 4.39 Å². The van der Waals surface area contributed by atoms with E-state index in [0.29, 0.717) is 18.8 Å². The smallest absolute Gasteiger partial charge is 0.262 e. The van der Waals surface area contributed by atoms with Gasteiger partial charge in [-0.1, -0.05) is 0 Å². The Bertz CT molecular complexity index is 1020. The van der Waals surface area contributed by atoms with Gasteiger partial charge in [0.15, 0.2) is 0 Å². The molecule has 35 heavy (non-hydrogen) atoms. The number of anilines is 1. The molecule has 3 saturated heterocycles. The van der Waals surface area contributed by atoms with Crippen LogP contribution in [0.2, 0.25) is 0 Å². The molecule has 0 saturated carbocycles. The van der Waals surface area contributed by atoms with Gasteiger partial charge in [-0.05, 0) is 63.4 Å². The molecular formula is C24H31ClFN5O4. The van der Waals surface area contributed by atoms with Gasteiger partial charge in [0.2, 0.25) is 11.8 Å². The number of carbonyl (C=O) groups is 4. The molecule has 0 spiro atoms. The molecule has 0 aliphatic carbocycles. The highest BCUT2D eigenvalue weighted by molar-refractivity contribution is 6.23. The monoisotopic (exact) mass is 507 g/mol. The molecule has 5 rings (SSSR count). The van der Waals surface area contributed by atoms with Crippen molar-refractivity contribution >= 4 is 41.7 Å². The maximum Gasteiger partial charge on any atom is 0.262 e. The van der Waals surface area contributed by atoms with Crippen LogP contribution in [0.4, 0.5) is 10.1 Å². The number of amides is 4. The Morgan fingerprint density at radius 2 is 1.57 bits per heavy atom. The zero-order valence-electron chi connectivity index (χ0n) is 19.6. The number of fused-ring (bicyclic) bond motifs is 1. The van der Waals surface area contributed by atoms with Crippen molar-refractivity contribution < 1.29 is 23.6 Å². The largest absolute Gasteiger partial charge is 0.367 e. The van der Waals surface area contributed by atoms with Crippen LogP contribution in [0.15, 0.2) is 12.1 Å². The SMILES string of the molecule is Cl.O=C1CCC(N2C(=O)c3cc(F)c(N4CCN(CCC5CCNCC5)CC4)cc3C2=O)C(=O)N1. The van der Waals surface area contributed by atoms with Gasteiger partial charge >= 0.3 is 0 Å². The van der Waals surface area contributed by atoms with Gasteiger partial charge in [-0.2, -0.15) is 0 Å². The van der Waals surface area contributed by atoms with Gasteiger partial charge in [0.1, 0.15) is 11.9 Å². The zero-order chi connectivity index (χ0) is 23.8. The summed E-state index contributed by atoms with van der Waals surface area (Å²) in [6.07, 6.45) is 3.75. The Hall–Kier alpha value is -2.56. The summed E-state index contributed by atoms with van der Waals surface area (Å²) >= 11 is 0. The van der Waals surface area contributed by atoms with Crippen molar-refractivity contribution in [3.05, 3.63) is 29.1 Å². The Kier molecular flexibility index (Phi) is 7.73. The molecule has 0 aromatic heterocycles. The number of nitrogens with one attached hydrogen (secondary N) is 2. The van der Waals surface area contributed by atoms with Gasteiger partial charge in [0, 0.05) is 32.6 Å². The first-order chi connectivity index (χ1) is 16.4. The summed E-state index contributed by atoms with van der Waals surface area (Å²) in [5.74, 6) is -2.19. The molecule has 0 bridgehead atoms. The van der Waals surface area contributed by atoms with Crippen LogP contribution in [-0.2, 0) is 9.59 Å². The average Bonchev–Trinajstić information content (AvgIpc) is 3.07. The van der Waals surface area contributed by atoms with Crippen LogP contribution in [-0.4, -0.2) is 85.3 Å². The van der Waals surface area contributed by atoms with Crippen LogP contribution in [0.1, 0.15) is 52.8 Å². The highest BCUT2D eigenvalue weighted by Gasteiger charge is 2.45. The van der Waals surface area contributed by atoms with Crippen molar-refractivity contribution in [1.29, 1.82) is 0 Å². The number of imide groups is 2. The quantitative estimate of drug-likeness (QED) is 0.577. The minimum absolute atomic E-state index is 0. The van der Waals surface area contributed by atoms with E-state index in [1.165, 1.54) is 25.3 Å². The van der Waals surface area contributed by atoms with Gasteiger partial charge in [0.05, 0.1) is 16.8 Å². The van der Waals surface area contributed by atoms with Crippen LogP contribution >= 0.6 is 12.4 Å². The minimum Gasteiger partial charge on any atom is -0.367 e. The van der Waals surface area contributed by atoms with Gasteiger partial charge in [0.25, 0.3) is 11.8 Å². The lowest BCUT2D eigenvalue weighted by molar-refractivity contribution is -0.136. The molecule has 9 nitrogen and oxygen atoms in total. The first-order valence-corrected chi connectivity index (χ1v) is 12.2. The molecule has 1 aromatic carbocycles. The molecule has 4 aliphatic rings. The van der Waals surface area contributed by atoms with Crippen LogP contribution in [0.3, 0.4) is 0 Å². The molecule has 190 valence electrons. The fourth-order valence-corrected chi connectivity index (χ4v) is 5.47. The van der Waals surface area contributed by atoms with Crippen LogP contribution in [0.5, 0.6) is 0 Å². The van der Waals surface area contributed by atoms with Crippen LogP contribution in [0.25, 0.3) is 0 Å². The fourth-order valence-electron chi connectivity index (χ4n) is 5.47. The number of benzene rings is 1. The average molecular weight is 508 g/mol. The summed E-state index contributed by atoms with van der Waals surface area (Å²) in [4.78, 5) is 54.8. The second kappa shape index (κ2) is 10.6. The molecule has 1 atom stereocenters. The summed E-state index contributed by atoms with van der Waals surface area (Å²) in [5.41, 5.74) is 0.388. The van der Waals surface area contributed by atoms with Gasteiger partial charge < -0.3 is 10.2 Å². The molecule has 1 aromatic rings. The molecule has 4 heterocycles. The number of halogens is 2. The molecule has 1 unspecified atom stereocenters. The van der Waals surface area contributed by atoms with Crippen LogP contribution < -0.4 is 15.5 Å². The van der Waals surface area contributed by atoms with Crippen molar-refractivity contribution in [3.8, 4) is 0 Å². The van der Waals surface area contributed by atoms with Crippen LogP contribution in [0, 0.1) is 11.7 Å². The van der Waals surface area contributed by atoms with E-state index >= 15 is 4.39 Å². The zero-order valence-corrected chi connectivity index (χ0v) is 20.4. The minimum atomic E-state index is -1.06. The topological polar surface area (TPSA) is 102 Å². The third-order valence-electron chi connectivity index (χ3n) is 7.53. The van der Waals surface area contributed by atoms with Gasteiger partial charge in [-0.3, -0.25) is 34.3 Å². The Labute approximate surface area is 209 Å². The Morgan fingerprint density at radius 1 is 0.914 bits per heavy atom. The van der Waals surface area contributed by atoms with Crippen molar-refractivity contribution in [2.75, 3.05) is 50.7 Å². The summed E-state index contributed by atoms with van der Waals surface area (Å²) in [7, 11) is 0. The van der Waals surface area contributed by atoms with E-state index in [2.05, 4.69) is 15.5 Å². The number of hydrogen-bond donors (Lipinski definition) is 2. The second-order valence-corrected chi connectivity index (χ2v) is 9.61. The van der Waals surface area contributed by atoms with E-state index in [9.17, 15) is 19.2 Å². The first kappa shape index (κ1) is 25.5. The highest BCUT2D eigenvalue weighted by Crippen LogP contribution is 2.33. The Balaban J connectivity index is 0.00000289.